The number of esters is 1. The summed E-state index contributed by atoms with van der Waals surface area (Å²) in [5.74, 6) is 1.43. The number of aromatic nitrogens is 2. The number of carbonyl (C=O) groups excluding carboxylic acids is 1. The first-order valence-electron chi connectivity index (χ1n) is 6.41. The van der Waals surface area contributed by atoms with Crippen molar-refractivity contribution in [2.75, 3.05) is 25.1 Å². The molecule has 1 unspecified atom stereocenters. The monoisotopic (exact) mass is 251 g/mol. The molecule has 3 rings (SSSR count). The van der Waals surface area contributed by atoms with E-state index in [4.69, 9.17) is 4.42 Å². The van der Waals surface area contributed by atoms with Gasteiger partial charge < -0.3 is 14.1 Å². The second-order valence-electron chi connectivity index (χ2n) is 5.08. The number of nitrogens with zero attached hydrogens (tertiary/aromatic N) is 3. The molecule has 1 aromatic heterocycles. The average molecular weight is 251 g/mol. The van der Waals surface area contributed by atoms with Crippen LogP contribution in [0.4, 0.5) is 6.01 Å². The molecule has 2 aliphatic rings. The van der Waals surface area contributed by atoms with Gasteiger partial charge >= 0.3 is 12.0 Å². The van der Waals surface area contributed by atoms with E-state index in [2.05, 4.69) is 19.8 Å². The fourth-order valence-electron chi connectivity index (χ4n) is 2.34. The lowest BCUT2D eigenvalue weighted by Gasteiger charge is -2.12. The largest absolute Gasteiger partial charge is 0.469 e. The maximum atomic E-state index is 11.2. The van der Waals surface area contributed by atoms with E-state index < -0.39 is 0 Å². The Morgan fingerprint density at radius 1 is 1.44 bits per heavy atom. The maximum Gasteiger partial charge on any atom is 0.318 e. The number of carbonyl (C=O) groups is 1. The Morgan fingerprint density at radius 3 is 3.00 bits per heavy atom. The van der Waals surface area contributed by atoms with Crippen LogP contribution in [-0.4, -0.2) is 36.4 Å². The molecule has 18 heavy (non-hydrogen) atoms. The van der Waals surface area contributed by atoms with E-state index in [0.717, 1.165) is 38.2 Å². The highest BCUT2D eigenvalue weighted by Crippen LogP contribution is 2.40. The van der Waals surface area contributed by atoms with Crippen molar-refractivity contribution in [1.29, 1.82) is 0 Å². The van der Waals surface area contributed by atoms with Crippen molar-refractivity contribution >= 4 is 12.0 Å². The minimum Gasteiger partial charge on any atom is -0.469 e. The lowest BCUT2D eigenvalue weighted by atomic mass is 10.1. The van der Waals surface area contributed by atoms with Gasteiger partial charge in [0.05, 0.1) is 13.5 Å². The first kappa shape index (κ1) is 11.5. The van der Waals surface area contributed by atoms with Gasteiger partial charge in [-0.1, -0.05) is 5.10 Å². The summed E-state index contributed by atoms with van der Waals surface area (Å²) in [5, 5.41) is 8.16. The number of methoxy groups -OCH3 is 1. The zero-order valence-electron chi connectivity index (χ0n) is 10.5. The minimum atomic E-state index is -0.147. The van der Waals surface area contributed by atoms with Crippen LogP contribution in [0.25, 0.3) is 0 Å². The van der Waals surface area contributed by atoms with Crippen molar-refractivity contribution < 1.29 is 13.9 Å². The molecule has 1 aromatic rings. The summed E-state index contributed by atoms with van der Waals surface area (Å²) in [6, 6.07) is 0.601. The highest BCUT2D eigenvalue weighted by molar-refractivity contribution is 5.69. The Morgan fingerprint density at radius 2 is 2.28 bits per heavy atom. The molecule has 0 bridgehead atoms. The Bertz CT molecular complexity index is 442. The Kier molecular flexibility index (Phi) is 2.93. The van der Waals surface area contributed by atoms with E-state index in [1.54, 1.807) is 0 Å². The fourth-order valence-corrected chi connectivity index (χ4v) is 2.34. The average Bonchev–Trinajstić information content (AvgIpc) is 2.92. The number of ether oxygens (including phenoxy) is 1. The van der Waals surface area contributed by atoms with Gasteiger partial charge in [0, 0.05) is 19.0 Å². The van der Waals surface area contributed by atoms with Gasteiger partial charge in [0.15, 0.2) is 0 Å². The molecule has 1 saturated heterocycles. The van der Waals surface area contributed by atoms with Crippen molar-refractivity contribution in [3.8, 4) is 0 Å². The third-order valence-electron chi connectivity index (χ3n) is 3.60. The summed E-state index contributed by atoms with van der Waals surface area (Å²) in [7, 11) is 1.43. The predicted octanol–water partition coefficient (Wildman–Crippen LogP) is 1.34. The third-order valence-corrected chi connectivity index (χ3v) is 3.60. The van der Waals surface area contributed by atoms with Gasteiger partial charge in [-0.2, -0.15) is 0 Å². The van der Waals surface area contributed by atoms with E-state index in [1.807, 2.05) is 0 Å². The smallest absolute Gasteiger partial charge is 0.318 e. The van der Waals surface area contributed by atoms with Crippen molar-refractivity contribution in [3.05, 3.63) is 5.89 Å². The van der Waals surface area contributed by atoms with Gasteiger partial charge in [-0.3, -0.25) is 4.79 Å². The maximum absolute atomic E-state index is 11.2. The van der Waals surface area contributed by atoms with Gasteiger partial charge in [0.2, 0.25) is 5.89 Å². The van der Waals surface area contributed by atoms with Gasteiger partial charge in [0.25, 0.3) is 0 Å². The van der Waals surface area contributed by atoms with Crippen molar-refractivity contribution in [1.82, 2.24) is 10.2 Å². The second-order valence-corrected chi connectivity index (χ2v) is 5.08. The van der Waals surface area contributed by atoms with Gasteiger partial charge in [-0.05, 0) is 25.2 Å². The highest BCUT2D eigenvalue weighted by atomic mass is 16.5. The van der Waals surface area contributed by atoms with Crippen molar-refractivity contribution in [2.24, 2.45) is 5.92 Å². The SMILES string of the molecule is COC(=O)CC1CCN(c2nnc(C3CC3)o2)C1. The van der Waals surface area contributed by atoms with Crippen LogP contribution in [0, 0.1) is 5.92 Å². The summed E-state index contributed by atoms with van der Waals surface area (Å²) in [4.78, 5) is 13.3. The molecular weight excluding hydrogens is 234 g/mol. The van der Waals surface area contributed by atoms with Crippen LogP contribution >= 0.6 is 0 Å². The zero-order chi connectivity index (χ0) is 12.5. The number of hydrogen-bond acceptors (Lipinski definition) is 6. The molecule has 6 nitrogen and oxygen atoms in total. The molecule has 98 valence electrons. The summed E-state index contributed by atoms with van der Waals surface area (Å²) < 4.78 is 10.3. The molecule has 1 aliphatic carbocycles. The highest BCUT2D eigenvalue weighted by Gasteiger charge is 2.32. The summed E-state index contributed by atoms with van der Waals surface area (Å²) in [5.41, 5.74) is 0. The van der Waals surface area contributed by atoms with E-state index in [1.165, 1.54) is 7.11 Å². The quantitative estimate of drug-likeness (QED) is 0.752. The summed E-state index contributed by atoms with van der Waals surface area (Å²) >= 11 is 0. The van der Waals surface area contributed by atoms with Gasteiger partial charge in [-0.15, -0.1) is 5.10 Å². The molecule has 6 heteroatoms. The van der Waals surface area contributed by atoms with Crippen LogP contribution in [0.1, 0.15) is 37.5 Å². The van der Waals surface area contributed by atoms with Crippen LogP contribution < -0.4 is 4.90 Å². The van der Waals surface area contributed by atoms with Crippen LogP contribution in [0.3, 0.4) is 0 Å². The van der Waals surface area contributed by atoms with Crippen LogP contribution in [0.15, 0.2) is 4.42 Å². The van der Waals surface area contributed by atoms with Gasteiger partial charge in [0.1, 0.15) is 0 Å². The summed E-state index contributed by atoms with van der Waals surface area (Å²) in [6.07, 6.45) is 3.76. The Hall–Kier alpha value is -1.59. The number of rotatable bonds is 4. The van der Waals surface area contributed by atoms with E-state index in [0.29, 0.717) is 24.3 Å². The third kappa shape index (κ3) is 2.32. The molecule has 0 aromatic carbocycles. The van der Waals surface area contributed by atoms with E-state index in [9.17, 15) is 4.79 Å². The normalized spacial score (nSPS) is 23.4. The number of hydrogen-bond donors (Lipinski definition) is 0. The van der Waals surface area contributed by atoms with Crippen molar-refractivity contribution in [2.45, 2.75) is 31.6 Å². The standard InChI is InChI=1S/C12H17N3O3/c1-17-10(16)6-8-4-5-15(7-8)12-14-13-11(18-12)9-2-3-9/h8-9H,2-7H2,1H3. The first-order chi connectivity index (χ1) is 8.76. The molecular formula is C12H17N3O3. The molecule has 1 saturated carbocycles. The fraction of sp³-hybridized carbons (Fsp3) is 0.750. The van der Waals surface area contributed by atoms with E-state index in [-0.39, 0.29) is 5.97 Å². The lowest BCUT2D eigenvalue weighted by Crippen LogP contribution is -2.21. The molecule has 0 radical (unpaired) electrons. The second kappa shape index (κ2) is 4.59. The zero-order valence-corrected chi connectivity index (χ0v) is 10.5. The molecule has 1 atom stereocenters. The van der Waals surface area contributed by atoms with E-state index >= 15 is 0 Å². The molecule has 0 N–H and O–H groups in total. The topological polar surface area (TPSA) is 68.5 Å². The van der Waals surface area contributed by atoms with Crippen LogP contribution in [0.2, 0.25) is 0 Å². The number of anilines is 1. The van der Waals surface area contributed by atoms with Gasteiger partial charge in [-0.25, -0.2) is 0 Å². The molecule has 0 spiro atoms. The van der Waals surface area contributed by atoms with Crippen LogP contribution in [0.5, 0.6) is 0 Å². The lowest BCUT2D eigenvalue weighted by molar-refractivity contribution is -0.141. The minimum absolute atomic E-state index is 0.147. The molecule has 1 aliphatic heterocycles. The van der Waals surface area contributed by atoms with Crippen LogP contribution in [-0.2, 0) is 9.53 Å². The molecule has 2 heterocycles. The molecule has 2 fully saturated rings. The Balaban J connectivity index is 1.58. The van der Waals surface area contributed by atoms with Crippen molar-refractivity contribution in [3.63, 3.8) is 0 Å². The Labute approximate surface area is 105 Å². The first-order valence-corrected chi connectivity index (χ1v) is 6.41. The summed E-state index contributed by atoms with van der Waals surface area (Å²) in [6.45, 7) is 1.66. The molecule has 0 amide bonds. The predicted molar refractivity (Wildman–Crippen MR) is 63.2 cm³/mol.